The van der Waals surface area contributed by atoms with E-state index < -0.39 is 17.5 Å². The van der Waals surface area contributed by atoms with Crippen molar-refractivity contribution in [2.24, 2.45) is 0 Å². The second-order valence-corrected chi connectivity index (χ2v) is 6.61. The third kappa shape index (κ3) is 5.45. The Kier molecular flexibility index (Phi) is 7.81. The molecule has 0 spiro atoms. The number of carbonyl (C=O) groups is 1. The Hall–Kier alpha value is -2.60. The molecule has 2 aromatic rings. The largest absolute Gasteiger partial charge is 0.306 e. The molecule has 1 amide bonds. The molecule has 1 atom stereocenters. The molecule has 6 heteroatoms. The van der Waals surface area contributed by atoms with Crippen molar-refractivity contribution in [3.63, 3.8) is 0 Å². The minimum atomic E-state index is -0.900. The van der Waals surface area contributed by atoms with Crippen molar-refractivity contribution in [2.75, 3.05) is 19.4 Å². The summed E-state index contributed by atoms with van der Waals surface area (Å²) in [4.78, 5) is 18.9. The van der Waals surface area contributed by atoms with Crippen LogP contribution in [0.2, 0.25) is 0 Å². The van der Waals surface area contributed by atoms with E-state index in [2.05, 4.69) is 35.4 Å². The van der Waals surface area contributed by atoms with Gasteiger partial charge in [0.15, 0.2) is 0 Å². The van der Waals surface area contributed by atoms with Crippen LogP contribution in [0.15, 0.2) is 42.5 Å². The number of aromatic nitrogens is 1. The van der Waals surface area contributed by atoms with Crippen LogP contribution in [0.25, 0.3) is 5.57 Å². The monoisotopic (exact) mass is 387 g/mol. The zero-order chi connectivity index (χ0) is 20.7. The summed E-state index contributed by atoms with van der Waals surface area (Å²) in [5, 5.41) is 2.58. The lowest BCUT2D eigenvalue weighted by molar-refractivity contribution is 0.102. The summed E-state index contributed by atoms with van der Waals surface area (Å²) in [6, 6.07) is 8.74. The fraction of sp³-hybridized carbons (Fsp3) is 0.364. The van der Waals surface area contributed by atoms with Gasteiger partial charge in [-0.25, -0.2) is 13.8 Å². The molecule has 1 N–H and O–H groups in total. The second-order valence-electron chi connectivity index (χ2n) is 6.61. The highest BCUT2D eigenvalue weighted by atomic mass is 19.1. The van der Waals surface area contributed by atoms with Crippen molar-refractivity contribution in [3.8, 4) is 0 Å². The topological polar surface area (TPSA) is 45.2 Å². The predicted octanol–water partition coefficient (Wildman–Crippen LogP) is 5.14. The van der Waals surface area contributed by atoms with Gasteiger partial charge in [-0.2, -0.15) is 0 Å². The number of nitrogens with one attached hydrogen (secondary N) is 1. The first-order valence-corrected chi connectivity index (χ1v) is 9.53. The molecule has 150 valence electrons. The van der Waals surface area contributed by atoms with Crippen LogP contribution in [0.5, 0.6) is 0 Å². The lowest BCUT2D eigenvalue weighted by Crippen LogP contribution is -2.29. The SMILES string of the molecule is CC.CN(C)C1CC=C(c2cccc(NC(=O)c3ccc(F)cc3F)n2)CC1. The molecule has 1 aliphatic rings. The minimum absolute atomic E-state index is 0.218. The maximum Gasteiger partial charge on any atom is 0.259 e. The Balaban J connectivity index is 0.00000136. The van der Waals surface area contributed by atoms with E-state index in [0.29, 0.717) is 17.9 Å². The van der Waals surface area contributed by atoms with Crippen molar-refractivity contribution in [1.29, 1.82) is 0 Å². The van der Waals surface area contributed by atoms with E-state index >= 15 is 0 Å². The standard InChI is InChI=1S/C20H21F2N3O.C2H6/c1-25(2)15-9-6-13(7-10-15)18-4-3-5-19(23-18)24-20(26)16-11-8-14(21)12-17(16)22;1-2/h3-6,8,11-12,15H,7,9-10H2,1-2H3,(H,23,24,26);1-2H3. The summed E-state index contributed by atoms with van der Waals surface area (Å²) < 4.78 is 26.7. The first-order chi connectivity index (χ1) is 13.4. The molecule has 0 saturated carbocycles. The van der Waals surface area contributed by atoms with Gasteiger partial charge in [-0.15, -0.1) is 0 Å². The highest BCUT2D eigenvalue weighted by molar-refractivity contribution is 6.04. The maximum atomic E-state index is 13.7. The quantitative estimate of drug-likeness (QED) is 0.790. The number of halogens is 2. The van der Waals surface area contributed by atoms with E-state index in [1.54, 1.807) is 12.1 Å². The van der Waals surface area contributed by atoms with Crippen molar-refractivity contribution in [2.45, 2.75) is 39.2 Å². The van der Waals surface area contributed by atoms with Crippen LogP contribution < -0.4 is 5.32 Å². The molecule has 0 bridgehead atoms. The third-order valence-electron chi connectivity index (χ3n) is 4.61. The lowest BCUT2D eigenvalue weighted by Gasteiger charge is -2.27. The van der Waals surface area contributed by atoms with Crippen molar-refractivity contribution >= 4 is 17.3 Å². The Morgan fingerprint density at radius 1 is 1.18 bits per heavy atom. The van der Waals surface area contributed by atoms with Crippen LogP contribution in [-0.4, -0.2) is 35.9 Å². The van der Waals surface area contributed by atoms with Gasteiger partial charge in [-0.1, -0.05) is 26.0 Å². The number of amides is 1. The van der Waals surface area contributed by atoms with Crippen molar-refractivity contribution in [1.82, 2.24) is 9.88 Å². The molecule has 1 aromatic carbocycles. The number of allylic oxidation sites excluding steroid dienone is 1. The zero-order valence-corrected chi connectivity index (χ0v) is 16.8. The van der Waals surface area contributed by atoms with Gasteiger partial charge in [0.1, 0.15) is 17.5 Å². The van der Waals surface area contributed by atoms with Gasteiger partial charge in [0.25, 0.3) is 5.91 Å². The van der Waals surface area contributed by atoms with Gasteiger partial charge >= 0.3 is 0 Å². The number of hydrogen-bond acceptors (Lipinski definition) is 3. The average molecular weight is 387 g/mol. The Labute approximate surface area is 165 Å². The van der Waals surface area contributed by atoms with Crippen LogP contribution >= 0.6 is 0 Å². The molecule has 1 unspecified atom stereocenters. The number of nitrogens with zero attached hydrogens (tertiary/aromatic N) is 2. The summed E-state index contributed by atoms with van der Waals surface area (Å²) in [6.07, 6.45) is 5.11. The number of anilines is 1. The summed E-state index contributed by atoms with van der Waals surface area (Å²) in [7, 11) is 4.15. The highest BCUT2D eigenvalue weighted by Crippen LogP contribution is 2.28. The number of rotatable bonds is 4. The lowest BCUT2D eigenvalue weighted by atomic mass is 9.92. The summed E-state index contributed by atoms with van der Waals surface area (Å²) in [5.74, 6) is -1.94. The Morgan fingerprint density at radius 3 is 2.54 bits per heavy atom. The molecule has 0 saturated heterocycles. The second kappa shape index (κ2) is 10.1. The first kappa shape index (κ1) is 21.7. The molecule has 0 fully saturated rings. The van der Waals surface area contributed by atoms with E-state index in [1.165, 1.54) is 0 Å². The van der Waals surface area contributed by atoms with Crippen molar-refractivity contribution in [3.05, 3.63) is 65.4 Å². The van der Waals surface area contributed by atoms with Gasteiger partial charge < -0.3 is 10.2 Å². The molecule has 1 heterocycles. The Bertz CT molecular complexity index is 849. The number of carbonyl (C=O) groups excluding carboxylic acids is 1. The van der Waals surface area contributed by atoms with E-state index in [4.69, 9.17) is 0 Å². The molecular weight excluding hydrogens is 360 g/mol. The molecule has 0 radical (unpaired) electrons. The molecule has 4 nitrogen and oxygen atoms in total. The molecule has 3 rings (SSSR count). The zero-order valence-electron chi connectivity index (χ0n) is 16.8. The van der Waals surface area contributed by atoms with Crippen LogP contribution in [-0.2, 0) is 0 Å². The van der Waals surface area contributed by atoms with E-state index in [-0.39, 0.29) is 5.56 Å². The van der Waals surface area contributed by atoms with Gasteiger partial charge in [0.05, 0.1) is 11.3 Å². The summed E-state index contributed by atoms with van der Waals surface area (Å²) in [5.41, 5.74) is 1.73. The minimum Gasteiger partial charge on any atom is -0.306 e. The van der Waals surface area contributed by atoms with Crippen LogP contribution in [0.1, 0.15) is 49.2 Å². The maximum absolute atomic E-state index is 13.7. The fourth-order valence-electron chi connectivity index (χ4n) is 3.06. The van der Waals surface area contributed by atoms with E-state index in [1.807, 2.05) is 19.9 Å². The molecule has 28 heavy (non-hydrogen) atoms. The molecular formula is C22H27F2N3O. The van der Waals surface area contributed by atoms with Gasteiger partial charge in [0.2, 0.25) is 0 Å². The van der Waals surface area contributed by atoms with Crippen LogP contribution in [0.4, 0.5) is 14.6 Å². The average Bonchev–Trinajstić information content (AvgIpc) is 2.69. The first-order valence-electron chi connectivity index (χ1n) is 9.53. The molecule has 1 aromatic heterocycles. The third-order valence-corrected chi connectivity index (χ3v) is 4.61. The Morgan fingerprint density at radius 2 is 1.93 bits per heavy atom. The van der Waals surface area contributed by atoms with Crippen molar-refractivity contribution < 1.29 is 13.6 Å². The smallest absolute Gasteiger partial charge is 0.259 e. The fourth-order valence-corrected chi connectivity index (χ4v) is 3.06. The predicted molar refractivity (Wildman–Crippen MR) is 109 cm³/mol. The molecule has 0 aliphatic heterocycles. The summed E-state index contributed by atoms with van der Waals surface area (Å²) >= 11 is 0. The van der Waals surface area contributed by atoms with E-state index in [9.17, 15) is 13.6 Å². The summed E-state index contributed by atoms with van der Waals surface area (Å²) in [6.45, 7) is 4.00. The van der Waals surface area contributed by atoms with Gasteiger partial charge in [0, 0.05) is 12.1 Å². The van der Waals surface area contributed by atoms with Gasteiger partial charge in [-0.05, 0) is 63.2 Å². The van der Waals surface area contributed by atoms with Gasteiger partial charge in [-0.3, -0.25) is 4.79 Å². The van der Waals surface area contributed by atoms with Crippen LogP contribution in [0.3, 0.4) is 0 Å². The number of pyridine rings is 1. The van der Waals surface area contributed by atoms with Crippen LogP contribution in [0, 0.1) is 11.6 Å². The molecule has 1 aliphatic carbocycles. The van der Waals surface area contributed by atoms with E-state index in [0.717, 1.165) is 42.7 Å². The highest BCUT2D eigenvalue weighted by Gasteiger charge is 2.18. The number of benzene rings is 1. The number of hydrogen-bond donors (Lipinski definition) is 1. The normalized spacial score (nSPS) is 16.1.